The van der Waals surface area contributed by atoms with Gasteiger partial charge in [-0.1, -0.05) is 24.4 Å². The summed E-state index contributed by atoms with van der Waals surface area (Å²) in [6.45, 7) is 5.19. The summed E-state index contributed by atoms with van der Waals surface area (Å²) in [4.78, 5) is 43.2. The van der Waals surface area contributed by atoms with Crippen molar-refractivity contribution in [2.24, 2.45) is 0 Å². The number of carbonyl (C=O) groups is 3. The summed E-state index contributed by atoms with van der Waals surface area (Å²) in [5.41, 5.74) is -1.42. The fourth-order valence-corrected chi connectivity index (χ4v) is 5.32. The van der Waals surface area contributed by atoms with Crippen molar-refractivity contribution in [1.82, 2.24) is 9.80 Å². The summed E-state index contributed by atoms with van der Waals surface area (Å²) < 4.78 is 45.8. The number of halogens is 4. The minimum atomic E-state index is -4.79. The van der Waals surface area contributed by atoms with Gasteiger partial charge in [-0.05, 0) is 75.2 Å². The normalized spacial score (nSPS) is 16.2. The van der Waals surface area contributed by atoms with Gasteiger partial charge in [0.1, 0.15) is 5.75 Å². The highest BCUT2D eigenvalue weighted by Gasteiger charge is 2.39. The van der Waals surface area contributed by atoms with Crippen LogP contribution in [0.3, 0.4) is 0 Å². The maximum absolute atomic E-state index is 13.4. The minimum absolute atomic E-state index is 0.0224. The SMILES string of the molecule is CC1=C(CCCCCCN2CCN(C(=O)COc3ccc(Cl)cc3)CC2)C(=O)N(c2ccc(C#N)c(C(F)(F)F)c2)C1=O. The first kappa shape index (κ1) is 32.0. The predicted molar refractivity (Wildman–Crippen MR) is 154 cm³/mol. The van der Waals surface area contributed by atoms with Crippen LogP contribution in [0.25, 0.3) is 0 Å². The molecule has 228 valence electrons. The summed E-state index contributed by atoms with van der Waals surface area (Å²) in [6.07, 6.45) is -1.10. The second-order valence-corrected chi connectivity index (χ2v) is 11.0. The van der Waals surface area contributed by atoms with Crippen molar-refractivity contribution in [3.8, 4) is 11.8 Å². The van der Waals surface area contributed by atoms with Crippen molar-refractivity contribution in [2.45, 2.75) is 45.2 Å². The molecule has 0 spiro atoms. The molecule has 1 saturated heterocycles. The van der Waals surface area contributed by atoms with Gasteiger partial charge in [-0.25, -0.2) is 4.90 Å². The van der Waals surface area contributed by atoms with Gasteiger partial charge >= 0.3 is 6.18 Å². The number of nitriles is 1. The van der Waals surface area contributed by atoms with E-state index >= 15 is 0 Å². The molecule has 2 aromatic carbocycles. The van der Waals surface area contributed by atoms with E-state index in [1.165, 1.54) is 19.1 Å². The van der Waals surface area contributed by atoms with Crippen LogP contribution in [0.15, 0.2) is 53.6 Å². The van der Waals surface area contributed by atoms with Crippen LogP contribution in [-0.4, -0.2) is 66.9 Å². The number of rotatable bonds is 11. The van der Waals surface area contributed by atoms with E-state index in [9.17, 15) is 27.6 Å². The molecule has 0 bridgehead atoms. The summed E-state index contributed by atoms with van der Waals surface area (Å²) in [7, 11) is 0. The highest BCUT2D eigenvalue weighted by molar-refractivity contribution is 6.32. The standard InChI is InChI=1S/C31H32ClF3N4O4/c1-21-26(30(42)39(29(21)41)24-10-7-22(19-36)27(18-24)31(33,34)35)6-4-2-3-5-13-37-14-16-38(17-15-37)28(40)20-43-25-11-8-23(32)9-12-25/h7-12,18H,2-6,13-17,20H2,1H3. The molecule has 0 saturated carbocycles. The van der Waals surface area contributed by atoms with E-state index in [1.807, 2.05) is 0 Å². The third-order valence-electron chi connectivity index (χ3n) is 7.68. The molecular formula is C31H32ClF3N4O4. The molecule has 1 fully saturated rings. The van der Waals surface area contributed by atoms with Gasteiger partial charge in [0.2, 0.25) is 0 Å². The lowest BCUT2D eigenvalue weighted by Crippen LogP contribution is -2.50. The van der Waals surface area contributed by atoms with Gasteiger partial charge in [-0.2, -0.15) is 18.4 Å². The van der Waals surface area contributed by atoms with E-state index in [2.05, 4.69) is 4.90 Å². The van der Waals surface area contributed by atoms with E-state index in [0.29, 0.717) is 48.3 Å². The molecule has 0 aliphatic carbocycles. The summed E-state index contributed by atoms with van der Waals surface area (Å²) >= 11 is 5.86. The van der Waals surface area contributed by atoms with Crippen LogP contribution in [0, 0.1) is 11.3 Å². The van der Waals surface area contributed by atoms with Crippen molar-refractivity contribution in [3.05, 3.63) is 69.8 Å². The maximum atomic E-state index is 13.4. The Kier molecular flexibility index (Phi) is 10.5. The number of hydrogen-bond acceptors (Lipinski definition) is 6. The minimum Gasteiger partial charge on any atom is -0.484 e. The zero-order chi connectivity index (χ0) is 31.1. The molecular weight excluding hydrogens is 585 g/mol. The van der Waals surface area contributed by atoms with E-state index in [-0.39, 0.29) is 23.8 Å². The number of piperazine rings is 1. The third-order valence-corrected chi connectivity index (χ3v) is 7.93. The van der Waals surface area contributed by atoms with Crippen LogP contribution in [0.5, 0.6) is 5.75 Å². The average molecular weight is 617 g/mol. The molecule has 0 unspecified atom stereocenters. The number of benzene rings is 2. The van der Waals surface area contributed by atoms with E-state index in [0.717, 1.165) is 49.9 Å². The average Bonchev–Trinajstić information content (AvgIpc) is 3.20. The fraction of sp³-hybridized carbons (Fsp3) is 0.419. The number of imide groups is 1. The van der Waals surface area contributed by atoms with Gasteiger partial charge < -0.3 is 9.64 Å². The Morgan fingerprint density at radius 1 is 0.977 bits per heavy atom. The molecule has 0 atom stereocenters. The molecule has 4 rings (SSSR count). The zero-order valence-corrected chi connectivity index (χ0v) is 24.5. The van der Waals surface area contributed by atoms with Crippen LogP contribution in [0.1, 0.15) is 50.2 Å². The molecule has 8 nitrogen and oxygen atoms in total. The molecule has 2 aliphatic rings. The van der Waals surface area contributed by atoms with Crippen LogP contribution in [0.4, 0.5) is 18.9 Å². The van der Waals surface area contributed by atoms with Gasteiger partial charge in [-0.15, -0.1) is 0 Å². The van der Waals surface area contributed by atoms with Gasteiger partial charge in [0.15, 0.2) is 6.61 Å². The smallest absolute Gasteiger partial charge is 0.417 e. The number of ether oxygens (including phenoxy) is 1. The first-order valence-corrected chi connectivity index (χ1v) is 14.5. The Morgan fingerprint density at radius 2 is 1.65 bits per heavy atom. The Labute approximate surface area is 253 Å². The molecule has 2 heterocycles. The van der Waals surface area contributed by atoms with Crippen molar-refractivity contribution in [1.29, 1.82) is 5.26 Å². The second-order valence-electron chi connectivity index (χ2n) is 10.5. The van der Waals surface area contributed by atoms with Gasteiger partial charge in [0.25, 0.3) is 17.7 Å². The summed E-state index contributed by atoms with van der Waals surface area (Å²) in [6, 6.07) is 11.2. The number of nitrogens with zero attached hydrogens (tertiary/aromatic N) is 4. The first-order chi connectivity index (χ1) is 20.5. The Balaban J connectivity index is 1.16. The number of carbonyl (C=O) groups excluding carboxylic acids is 3. The third kappa shape index (κ3) is 7.94. The number of anilines is 1. The second kappa shape index (κ2) is 14.1. The number of amides is 3. The molecule has 0 radical (unpaired) electrons. The van der Waals surface area contributed by atoms with Crippen molar-refractivity contribution in [2.75, 3.05) is 44.2 Å². The number of hydrogen-bond donors (Lipinski definition) is 0. The quantitative estimate of drug-likeness (QED) is 0.241. The van der Waals surface area contributed by atoms with E-state index < -0.39 is 29.1 Å². The Bertz CT molecular complexity index is 1430. The first-order valence-electron chi connectivity index (χ1n) is 14.1. The maximum Gasteiger partial charge on any atom is 0.417 e. The lowest BCUT2D eigenvalue weighted by Gasteiger charge is -2.34. The molecule has 3 amide bonds. The molecule has 43 heavy (non-hydrogen) atoms. The molecule has 12 heteroatoms. The predicted octanol–water partition coefficient (Wildman–Crippen LogP) is 5.59. The zero-order valence-electron chi connectivity index (χ0n) is 23.8. The van der Waals surface area contributed by atoms with E-state index in [4.69, 9.17) is 21.6 Å². The van der Waals surface area contributed by atoms with Crippen LogP contribution < -0.4 is 9.64 Å². The van der Waals surface area contributed by atoms with Crippen molar-refractivity contribution >= 4 is 35.0 Å². The van der Waals surface area contributed by atoms with Gasteiger partial charge in [-0.3, -0.25) is 19.3 Å². The van der Waals surface area contributed by atoms with Crippen LogP contribution >= 0.6 is 11.6 Å². The summed E-state index contributed by atoms with van der Waals surface area (Å²) in [5.74, 6) is -0.731. The van der Waals surface area contributed by atoms with Gasteiger partial charge in [0.05, 0.1) is 22.9 Å². The lowest BCUT2D eigenvalue weighted by atomic mass is 10.0. The highest BCUT2D eigenvalue weighted by Crippen LogP contribution is 2.37. The van der Waals surface area contributed by atoms with E-state index in [1.54, 1.807) is 29.2 Å². The van der Waals surface area contributed by atoms with Crippen molar-refractivity contribution < 1.29 is 32.3 Å². The Morgan fingerprint density at radius 3 is 2.30 bits per heavy atom. The largest absolute Gasteiger partial charge is 0.484 e. The lowest BCUT2D eigenvalue weighted by molar-refractivity contribution is -0.138. The molecule has 2 aromatic rings. The number of unbranched alkanes of at least 4 members (excludes halogenated alkanes) is 3. The molecule has 0 N–H and O–H groups in total. The van der Waals surface area contributed by atoms with Gasteiger partial charge in [0, 0.05) is 42.3 Å². The van der Waals surface area contributed by atoms with Crippen molar-refractivity contribution in [3.63, 3.8) is 0 Å². The fourth-order valence-electron chi connectivity index (χ4n) is 5.20. The van der Waals surface area contributed by atoms with Crippen LogP contribution in [0.2, 0.25) is 5.02 Å². The molecule has 0 aromatic heterocycles. The topological polar surface area (TPSA) is 93.9 Å². The van der Waals surface area contributed by atoms with Crippen LogP contribution in [-0.2, 0) is 20.6 Å². The highest BCUT2D eigenvalue weighted by atomic mass is 35.5. The molecule has 2 aliphatic heterocycles. The summed E-state index contributed by atoms with van der Waals surface area (Å²) in [5, 5.41) is 9.62. The Hall–Kier alpha value is -3.88. The number of alkyl halides is 3. The monoisotopic (exact) mass is 616 g/mol.